The van der Waals surface area contributed by atoms with Gasteiger partial charge in [-0.05, 0) is 6.42 Å². The van der Waals surface area contributed by atoms with E-state index in [4.69, 9.17) is 5.11 Å². The number of nitrogens with one attached hydrogen (secondary N) is 2. The number of aromatic nitrogens is 2. The van der Waals surface area contributed by atoms with Crippen LogP contribution in [0.2, 0.25) is 0 Å². The molecule has 0 amide bonds. The second kappa shape index (κ2) is 6.89. The Labute approximate surface area is 113 Å². The summed E-state index contributed by atoms with van der Waals surface area (Å²) in [5.74, 6) is -3.76. The Morgan fingerprint density at radius 2 is 2.00 bits per heavy atom. The predicted octanol–water partition coefficient (Wildman–Crippen LogP) is 1.25. The summed E-state index contributed by atoms with van der Waals surface area (Å²) >= 11 is 0. The summed E-state index contributed by atoms with van der Waals surface area (Å²) in [7, 11) is 0. The molecule has 112 valence electrons. The Morgan fingerprint density at radius 1 is 1.40 bits per heavy atom. The Kier molecular flexibility index (Phi) is 5.50. The fourth-order valence-corrected chi connectivity index (χ4v) is 1.32. The second-order valence-corrected chi connectivity index (χ2v) is 3.97. The van der Waals surface area contributed by atoms with Crippen LogP contribution >= 0.6 is 0 Å². The van der Waals surface area contributed by atoms with Crippen molar-refractivity contribution in [2.45, 2.75) is 19.3 Å². The van der Waals surface area contributed by atoms with E-state index >= 15 is 0 Å². The van der Waals surface area contributed by atoms with E-state index in [9.17, 15) is 18.9 Å². The van der Waals surface area contributed by atoms with Gasteiger partial charge in [0.2, 0.25) is 11.6 Å². The fourth-order valence-electron chi connectivity index (χ4n) is 1.32. The number of nitrogens with zero attached hydrogens (tertiary/aromatic N) is 3. The summed E-state index contributed by atoms with van der Waals surface area (Å²) in [5.41, 5.74) is -0.505. The van der Waals surface area contributed by atoms with Gasteiger partial charge in [-0.15, -0.1) is 0 Å². The zero-order chi connectivity index (χ0) is 15.2. The van der Waals surface area contributed by atoms with E-state index in [0.717, 1.165) is 6.33 Å². The molecule has 0 unspecified atom stereocenters. The van der Waals surface area contributed by atoms with Crippen LogP contribution in [-0.4, -0.2) is 45.6 Å². The van der Waals surface area contributed by atoms with Crippen LogP contribution in [0.5, 0.6) is 0 Å². The third kappa shape index (κ3) is 4.23. The SMILES string of the molecule is CCCNc1ncnc(NCC(F)(F)CO)c1[N+](=O)[O-]. The Balaban J connectivity index is 2.97. The monoisotopic (exact) mass is 291 g/mol. The summed E-state index contributed by atoms with van der Waals surface area (Å²) < 4.78 is 25.9. The molecule has 0 radical (unpaired) electrons. The molecule has 0 aliphatic heterocycles. The molecule has 20 heavy (non-hydrogen) atoms. The lowest BCUT2D eigenvalue weighted by Gasteiger charge is -2.15. The second-order valence-electron chi connectivity index (χ2n) is 3.97. The molecule has 10 heteroatoms. The van der Waals surface area contributed by atoms with E-state index in [-0.39, 0.29) is 11.6 Å². The molecule has 3 N–H and O–H groups in total. The number of halogens is 2. The maximum Gasteiger partial charge on any atom is 0.353 e. The van der Waals surface area contributed by atoms with Crippen molar-refractivity contribution < 1.29 is 18.8 Å². The lowest BCUT2D eigenvalue weighted by molar-refractivity contribution is -0.383. The van der Waals surface area contributed by atoms with Gasteiger partial charge in [-0.1, -0.05) is 6.92 Å². The van der Waals surface area contributed by atoms with Gasteiger partial charge in [0.05, 0.1) is 11.5 Å². The molecule has 0 saturated carbocycles. The van der Waals surface area contributed by atoms with Crippen molar-refractivity contribution in [1.29, 1.82) is 0 Å². The molecular weight excluding hydrogens is 276 g/mol. The lowest BCUT2D eigenvalue weighted by Crippen LogP contribution is -2.31. The van der Waals surface area contributed by atoms with Crippen molar-refractivity contribution in [3.8, 4) is 0 Å². The van der Waals surface area contributed by atoms with Crippen LogP contribution in [0.4, 0.5) is 26.1 Å². The molecule has 8 nitrogen and oxygen atoms in total. The largest absolute Gasteiger partial charge is 0.390 e. The first-order chi connectivity index (χ1) is 9.41. The van der Waals surface area contributed by atoms with E-state index in [2.05, 4.69) is 20.6 Å². The molecule has 0 bridgehead atoms. The van der Waals surface area contributed by atoms with Crippen molar-refractivity contribution in [3.63, 3.8) is 0 Å². The average Bonchev–Trinajstić information content (AvgIpc) is 2.42. The molecule has 0 fully saturated rings. The number of hydrogen-bond acceptors (Lipinski definition) is 7. The number of alkyl halides is 2. The summed E-state index contributed by atoms with van der Waals surface area (Å²) in [6, 6.07) is 0. The molecule has 0 aliphatic rings. The van der Waals surface area contributed by atoms with E-state index in [1.807, 2.05) is 6.92 Å². The van der Waals surface area contributed by atoms with Gasteiger partial charge in [-0.3, -0.25) is 10.1 Å². The molecular formula is C10H15F2N5O3. The zero-order valence-corrected chi connectivity index (χ0v) is 10.8. The topological polar surface area (TPSA) is 113 Å². The van der Waals surface area contributed by atoms with Crippen LogP contribution in [0, 0.1) is 10.1 Å². The third-order valence-corrected chi connectivity index (χ3v) is 2.29. The maximum absolute atomic E-state index is 12.9. The molecule has 0 aliphatic carbocycles. The standard InChI is InChI=1S/C10H15F2N5O3/c1-2-3-13-8-7(17(19)20)9(16-6-15-8)14-4-10(11,12)5-18/h6,18H,2-5H2,1H3,(H2,13,14,15,16). The van der Waals surface area contributed by atoms with E-state index in [1.54, 1.807) is 0 Å². The minimum absolute atomic E-state index is 0.0401. The van der Waals surface area contributed by atoms with Gasteiger partial charge in [0.15, 0.2) is 0 Å². The minimum atomic E-state index is -3.39. The molecule has 1 aromatic heterocycles. The Hall–Kier alpha value is -2.10. The molecule has 0 saturated heterocycles. The van der Waals surface area contributed by atoms with Crippen LogP contribution in [0.3, 0.4) is 0 Å². The van der Waals surface area contributed by atoms with Gasteiger partial charge in [0, 0.05) is 6.54 Å². The first kappa shape index (κ1) is 16.0. The average molecular weight is 291 g/mol. The van der Waals surface area contributed by atoms with Gasteiger partial charge < -0.3 is 15.7 Å². The number of rotatable bonds is 8. The quantitative estimate of drug-likeness (QED) is 0.488. The maximum atomic E-state index is 12.9. The predicted molar refractivity (Wildman–Crippen MR) is 68.0 cm³/mol. The highest BCUT2D eigenvalue weighted by molar-refractivity contribution is 5.69. The van der Waals surface area contributed by atoms with Gasteiger partial charge in [-0.2, -0.15) is 0 Å². The molecule has 0 spiro atoms. The molecule has 1 heterocycles. The fraction of sp³-hybridized carbons (Fsp3) is 0.600. The minimum Gasteiger partial charge on any atom is -0.390 e. The summed E-state index contributed by atoms with van der Waals surface area (Å²) in [6.07, 6.45) is 1.75. The number of nitro groups is 1. The van der Waals surface area contributed by atoms with Crippen molar-refractivity contribution in [1.82, 2.24) is 9.97 Å². The van der Waals surface area contributed by atoms with Crippen molar-refractivity contribution in [2.24, 2.45) is 0 Å². The third-order valence-electron chi connectivity index (χ3n) is 2.29. The van der Waals surface area contributed by atoms with Crippen LogP contribution in [-0.2, 0) is 0 Å². The first-order valence-corrected chi connectivity index (χ1v) is 5.87. The van der Waals surface area contributed by atoms with E-state index in [1.165, 1.54) is 0 Å². The van der Waals surface area contributed by atoms with Crippen molar-refractivity contribution in [2.75, 3.05) is 30.3 Å². The van der Waals surface area contributed by atoms with Gasteiger partial charge >= 0.3 is 5.69 Å². The normalized spacial score (nSPS) is 11.2. The van der Waals surface area contributed by atoms with E-state index < -0.39 is 29.7 Å². The highest BCUT2D eigenvalue weighted by Crippen LogP contribution is 2.29. The van der Waals surface area contributed by atoms with Gasteiger partial charge in [0.25, 0.3) is 5.92 Å². The van der Waals surface area contributed by atoms with Crippen LogP contribution in [0.15, 0.2) is 6.33 Å². The Bertz CT molecular complexity index is 472. The highest BCUT2D eigenvalue weighted by Gasteiger charge is 2.30. The molecule has 1 rings (SSSR count). The number of aliphatic hydroxyl groups excluding tert-OH is 1. The van der Waals surface area contributed by atoms with E-state index in [0.29, 0.717) is 13.0 Å². The molecule has 0 aromatic carbocycles. The van der Waals surface area contributed by atoms with Crippen LogP contribution in [0.1, 0.15) is 13.3 Å². The summed E-state index contributed by atoms with van der Waals surface area (Å²) in [5, 5.41) is 24.3. The molecule has 0 atom stereocenters. The zero-order valence-electron chi connectivity index (χ0n) is 10.8. The van der Waals surface area contributed by atoms with Crippen LogP contribution < -0.4 is 10.6 Å². The number of hydrogen-bond donors (Lipinski definition) is 3. The van der Waals surface area contributed by atoms with Crippen LogP contribution in [0.25, 0.3) is 0 Å². The smallest absolute Gasteiger partial charge is 0.353 e. The molecule has 1 aromatic rings. The van der Waals surface area contributed by atoms with Crippen molar-refractivity contribution in [3.05, 3.63) is 16.4 Å². The first-order valence-electron chi connectivity index (χ1n) is 5.87. The summed E-state index contributed by atoms with van der Waals surface area (Å²) in [6.45, 7) is -0.0144. The number of anilines is 2. The summed E-state index contributed by atoms with van der Waals surface area (Å²) in [4.78, 5) is 17.6. The van der Waals surface area contributed by atoms with Crippen molar-refractivity contribution >= 4 is 17.3 Å². The van der Waals surface area contributed by atoms with Gasteiger partial charge in [0.1, 0.15) is 12.9 Å². The Morgan fingerprint density at radius 3 is 2.50 bits per heavy atom. The lowest BCUT2D eigenvalue weighted by atomic mass is 10.3. The highest BCUT2D eigenvalue weighted by atomic mass is 19.3. The number of aliphatic hydroxyl groups is 1. The van der Waals surface area contributed by atoms with Gasteiger partial charge in [-0.25, -0.2) is 18.7 Å².